The first-order valence-corrected chi connectivity index (χ1v) is 6.74. The van der Waals surface area contributed by atoms with Crippen molar-refractivity contribution in [2.75, 3.05) is 0 Å². The second-order valence-corrected chi connectivity index (χ2v) is 5.11. The summed E-state index contributed by atoms with van der Waals surface area (Å²) in [6.07, 6.45) is 0.831. The monoisotopic (exact) mass is 269 g/mol. The molecule has 4 aromatic rings. The number of aromatic nitrogens is 5. The Hall–Kier alpha value is -2.37. The summed E-state index contributed by atoms with van der Waals surface area (Å²) in [7, 11) is 0. The Morgan fingerprint density at radius 3 is 2.75 bits per heavy atom. The van der Waals surface area contributed by atoms with Crippen molar-refractivity contribution < 1.29 is 4.42 Å². The topological polar surface area (TPSA) is 60.6 Å². The number of fused-ring (bicyclic) bond motifs is 5. The van der Waals surface area contributed by atoms with E-state index in [1.54, 1.807) is 4.52 Å². The second-order valence-electron chi connectivity index (χ2n) is 5.11. The van der Waals surface area contributed by atoms with E-state index in [0.717, 1.165) is 51.7 Å². The van der Waals surface area contributed by atoms with Crippen LogP contribution in [0.1, 0.15) is 29.9 Å². The number of rotatable bonds is 1. The van der Waals surface area contributed by atoms with Crippen molar-refractivity contribution in [1.82, 2.24) is 24.2 Å². The zero-order valence-electron chi connectivity index (χ0n) is 11.9. The molecule has 102 valence electrons. The molecular formula is C14H15N5O. The van der Waals surface area contributed by atoms with E-state index in [4.69, 9.17) is 4.42 Å². The first-order chi connectivity index (χ1) is 9.61. The highest BCUT2D eigenvalue weighted by Gasteiger charge is 2.19. The fourth-order valence-corrected chi connectivity index (χ4v) is 2.79. The molecule has 20 heavy (non-hydrogen) atoms. The molecule has 4 heterocycles. The van der Waals surface area contributed by atoms with Gasteiger partial charge in [0.2, 0.25) is 5.65 Å². The molecule has 0 atom stereocenters. The molecule has 0 N–H and O–H groups in total. The molecule has 6 heteroatoms. The minimum atomic E-state index is 0.767. The largest absolute Gasteiger partial charge is 0.459 e. The number of hydrogen-bond acceptors (Lipinski definition) is 4. The van der Waals surface area contributed by atoms with Crippen LogP contribution < -0.4 is 0 Å². The molecule has 0 aromatic carbocycles. The lowest BCUT2D eigenvalue weighted by atomic mass is 10.2. The van der Waals surface area contributed by atoms with Crippen LogP contribution in [0, 0.1) is 20.8 Å². The number of hydrogen-bond donors (Lipinski definition) is 0. The van der Waals surface area contributed by atoms with Crippen LogP contribution >= 0.6 is 0 Å². The number of aryl methyl sites for hydroxylation is 4. The minimum absolute atomic E-state index is 0.767. The van der Waals surface area contributed by atoms with Gasteiger partial charge in [0, 0.05) is 18.1 Å². The van der Waals surface area contributed by atoms with E-state index < -0.39 is 0 Å². The Morgan fingerprint density at radius 2 is 2.00 bits per heavy atom. The van der Waals surface area contributed by atoms with E-state index in [1.807, 2.05) is 19.9 Å². The summed E-state index contributed by atoms with van der Waals surface area (Å²) in [5, 5.41) is 13.0. The number of nitrogens with zero attached hydrogens (tertiary/aromatic N) is 5. The van der Waals surface area contributed by atoms with Crippen molar-refractivity contribution in [1.29, 1.82) is 0 Å². The first kappa shape index (κ1) is 11.5. The Kier molecular flexibility index (Phi) is 2.06. The molecular weight excluding hydrogens is 254 g/mol. The predicted octanol–water partition coefficient (Wildman–Crippen LogP) is 2.61. The van der Waals surface area contributed by atoms with Crippen LogP contribution in [0.4, 0.5) is 0 Å². The quantitative estimate of drug-likeness (QED) is 0.533. The van der Waals surface area contributed by atoms with E-state index in [2.05, 4.69) is 33.5 Å². The molecule has 0 saturated carbocycles. The van der Waals surface area contributed by atoms with Crippen molar-refractivity contribution in [3.05, 3.63) is 29.0 Å². The van der Waals surface area contributed by atoms with Gasteiger partial charge in [-0.3, -0.25) is 4.40 Å². The third-order valence-corrected chi connectivity index (χ3v) is 3.93. The van der Waals surface area contributed by atoms with Gasteiger partial charge in [-0.25, -0.2) is 0 Å². The Labute approximate surface area is 115 Å². The van der Waals surface area contributed by atoms with Gasteiger partial charge in [-0.15, -0.1) is 10.2 Å². The average Bonchev–Trinajstić information content (AvgIpc) is 3.05. The van der Waals surface area contributed by atoms with Gasteiger partial charge in [-0.2, -0.15) is 9.61 Å². The van der Waals surface area contributed by atoms with E-state index in [1.165, 1.54) is 0 Å². The average molecular weight is 269 g/mol. The van der Waals surface area contributed by atoms with Crippen LogP contribution in [0.15, 0.2) is 10.5 Å². The smallest absolute Gasteiger partial charge is 0.202 e. The molecule has 4 aromatic heterocycles. The first-order valence-electron chi connectivity index (χ1n) is 6.74. The van der Waals surface area contributed by atoms with Crippen molar-refractivity contribution in [3.63, 3.8) is 0 Å². The van der Waals surface area contributed by atoms with Gasteiger partial charge in [0.1, 0.15) is 11.6 Å². The Balaban J connectivity index is 2.33. The lowest BCUT2D eigenvalue weighted by Crippen LogP contribution is -2.06. The van der Waals surface area contributed by atoms with E-state index in [0.29, 0.717) is 0 Å². The maximum absolute atomic E-state index is 5.83. The van der Waals surface area contributed by atoms with E-state index in [9.17, 15) is 0 Å². The molecule has 0 amide bonds. The van der Waals surface area contributed by atoms with Gasteiger partial charge >= 0.3 is 0 Å². The van der Waals surface area contributed by atoms with Crippen molar-refractivity contribution in [3.8, 4) is 0 Å². The zero-order chi connectivity index (χ0) is 14.0. The van der Waals surface area contributed by atoms with E-state index in [-0.39, 0.29) is 0 Å². The van der Waals surface area contributed by atoms with Gasteiger partial charge in [-0.1, -0.05) is 6.92 Å². The van der Waals surface area contributed by atoms with Gasteiger partial charge in [0.05, 0.1) is 11.0 Å². The maximum Gasteiger partial charge on any atom is 0.202 e. The molecule has 0 bridgehead atoms. The highest BCUT2D eigenvalue weighted by atomic mass is 16.3. The minimum Gasteiger partial charge on any atom is -0.459 e. The summed E-state index contributed by atoms with van der Waals surface area (Å²) in [6, 6.07) is 2.03. The SMILES string of the molecule is CCc1nn2c(C)nnc2c2cc3oc(C)c(C)c3n12. The van der Waals surface area contributed by atoms with Crippen LogP contribution in [0.5, 0.6) is 0 Å². The van der Waals surface area contributed by atoms with Crippen LogP contribution in [-0.2, 0) is 6.42 Å². The maximum atomic E-state index is 5.83. The standard InChI is InChI=1S/C14H15N5O/c1-5-12-17-19-9(4)15-16-14(19)10-6-11-13(18(10)12)7(2)8(3)20-11/h6H,5H2,1-4H3. The molecule has 0 spiro atoms. The van der Waals surface area contributed by atoms with Crippen LogP contribution in [0.2, 0.25) is 0 Å². The molecule has 0 radical (unpaired) electrons. The summed E-state index contributed by atoms with van der Waals surface area (Å²) in [6.45, 7) is 8.07. The molecule has 0 aliphatic rings. The molecule has 4 rings (SSSR count). The third-order valence-electron chi connectivity index (χ3n) is 3.93. The summed E-state index contributed by atoms with van der Waals surface area (Å²) in [4.78, 5) is 0. The molecule has 6 nitrogen and oxygen atoms in total. The van der Waals surface area contributed by atoms with Gasteiger partial charge in [0.15, 0.2) is 11.4 Å². The summed E-state index contributed by atoms with van der Waals surface area (Å²) >= 11 is 0. The van der Waals surface area contributed by atoms with Crippen molar-refractivity contribution >= 4 is 22.3 Å². The fourth-order valence-electron chi connectivity index (χ4n) is 2.79. The second kappa shape index (κ2) is 3.59. The fraction of sp³-hybridized carbons (Fsp3) is 0.357. The van der Waals surface area contributed by atoms with Crippen molar-refractivity contribution in [2.45, 2.75) is 34.1 Å². The summed E-state index contributed by atoms with van der Waals surface area (Å²) in [5.74, 6) is 2.72. The molecule has 0 fully saturated rings. The van der Waals surface area contributed by atoms with Gasteiger partial charge in [-0.05, 0) is 20.8 Å². The van der Waals surface area contributed by atoms with E-state index >= 15 is 0 Å². The molecule has 0 aliphatic heterocycles. The Bertz CT molecular complexity index is 972. The zero-order valence-corrected chi connectivity index (χ0v) is 11.9. The third kappa shape index (κ3) is 1.21. The van der Waals surface area contributed by atoms with Crippen molar-refractivity contribution in [2.24, 2.45) is 0 Å². The molecule has 0 saturated heterocycles. The highest BCUT2D eigenvalue weighted by molar-refractivity contribution is 5.91. The summed E-state index contributed by atoms with van der Waals surface area (Å²) < 4.78 is 9.78. The lowest BCUT2D eigenvalue weighted by Gasteiger charge is -2.06. The summed E-state index contributed by atoms with van der Waals surface area (Å²) in [5.41, 5.74) is 4.88. The normalized spacial score (nSPS) is 12.2. The lowest BCUT2D eigenvalue weighted by molar-refractivity contribution is 0.575. The highest BCUT2D eigenvalue weighted by Crippen LogP contribution is 2.30. The molecule has 0 aliphatic carbocycles. The van der Waals surface area contributed by atoms with Gasteiger partial charge < -0.3 is 4.42 Å². The van der Waals surface area contributed by atoms with Gasteiger partial charge in [0.25, 0.3) is 0 Å². The number of furan rings is 1. The predicted molar refractivity (Wildman–Crippen MR) is 75.1 cm³/mol. The van der Waals surface area contributed by atoms with Crippen LogP contribution in [-0.4, -0.2) is 24.2 Å². The van der Waals surface area contributed by atoms with Crippen LogP contribution in [0.3, 0.4) is 0 Å². The van der Waals surface area contributed by atoms with Crippen LogP contribution in [0.25, 0.3) is 22.3 Å². The molecule has 0 unspecified atom stereocenters. The Morgan fingerprint density at radius 1 is 1.20 bits per heavy atom.